The predicted octanol–water partition coefficient (Wildman–Crippen LogP) is 3.17. The molecule has 0 bridgehead atoms. The summed E-state index contributed by atoms with van der Waals surface area (Å²) in [6, 6.07) is 11.5. The van der Waals surface area contributed by atoms with E-state index in [1.165, 1.54) is 0 Å². The molecule has 1 saturated heterocycles. The number of carboxylic acid groups (broad SMARTS) is 1. The Hall–Kier alpha value is -2.83. The second-order valence-corrected chi connectivity index (χ2v) is 8.01. The monoisotopic (exact) mass is 370 g/mol. The van der Waals surface area contributed by atoms with E-state index in [1.807, 2.05) is 36.4 Å². The number of carbonyl (C=O) groups is 2. The molecule has 27 heavy (non-hydrogen) atoms. The van der Waals surface area contributed by atoms with Gasteiger partial charge in [-0.2, -0.15) is 5.10 Å². The molecule has 1 fully saturated rings. The van der Waals surface area contributed by atoms with Crippen LogP contribution < -0.4 is 5.32 Å². The zero-order chi connectivity index (χ0) is 19.6. The number of urea groups is 1. The molecule has 1 aliphatic heterocycles. The van der Waals surface area contributed by atoms with E-state index in [1.54, 1.807) is 9.58 Å². The Balaban J connectivity index is 1.80. The van der Waals surface area contributed by atoms with Crippen molar-refractivity contribution in [1.82, 2.24) is 14.7 Å². The molecule has 1 aromatic carbocycles. The first kappa shape index (κ1) is 18.9. The molecule has 0 radical (unpaired) electrons. The topological polar surface area (TPSA) is 87.5 Å². The first-order valence-corrected chi connectivity index (χ1v) is 9.15. The maximum Gasteiger partial charge on any atom is 0.323 e. The number of likely N-dealkylation sites (tertiary alicyclic amines) is 1. The smallest absolute Gasteiger partial charge is 0.323 e. The minimum atomic E-state index is -0.852. The number of rotatable bonds is 4. The Labute approximate surface area is 159 Å². The first-order valence-electron chi connectivity index (χ1n) is 9.15. The van der Waals surface area contributed by atoms with Crippen LogP contribution >= 0.6 is 0 Å². The SMILES string of the molecule is CC(C)(C)c1cc(NC(=O)N2CCC(C(=O)O)C2)n(Cc2ccccc2)n1. The Morgan fingerprint density at radius 1 is 1.26 bits per heavy atom. The summed E-state index contributed by atoms with van der Waals surface area (Å²) >= 11 is 0. The summed E-state index contributed by atoms with van der Waals surface area (Å²) in [5.41, 5.74) is 1.82. The highest BCUT2D eigenvalue weighted by atomic mass is 16.4. The largest absolute Gasteiger partial charge is 0.481 e. The molecular weight excluding hydrogens is 344 g/mol. The third-order valence-corrected chi connectivity index (χ3v) is 4.78. The number of nitrogens with one attached hydrogen (secondary N) is 1. The molecule has 2 aromatic rings. The second-order valence-electron chi connectivity index (χ2n) is 8.01. The van der Waals surface area contributed by atoms with Crippen LogP contribution in [0.5, 0.6) is 0 Å². The average Bonchev–Trinajstić information content (AvgIpc) is 3.23. The maximum absolute atomic E-state index is 12.6. The van der Waals surface area contributed by atoms with Crippen molar-refractivity contribution in [2.45, 2.75) is 39.2 Å². The van der Waals surface area contributed by atoms with Crippen LogP contribution in [-0.2, 0) is 16.8 Å². The van der Waals surface area contributed by atoms with Gasteiger partial charge >= 0.3 is 12.0 Å². The van der Waals surface area contributed by atoms with Gasteiger partial charge in [-0.05, 0) is 12.0 Å². The van der Waals surface area contributed by atoms with E-state index in [9.17, 15) is 9.59 Å². The van der Waals surface area contributed by atoms with Gasteiger partial charge in [-0.25, -0.2) is 9.48 Å². The number of aliphatic carboxylic acids is 1. The molecule has 0 aliphatic carbocycles. The number of nitrogens with zero attached hydrogens (tertiary/aromatic N) is 3. The van der Waals surface area contributed by atoms with Gasteiger partial charge in [0.05, 0.1) is 18.2 Å². The lowest BCUT2D eigenvalue weighted by Gasteiger charge is -2.17. The van der Waals surface area contributed by atoms with E-state index < -0.39 is 11.9 Å². The second kappa shape index (κ2) is 7.42. The first-order chi connectivity index (χ1) is 12.7. The third-order valence-electron chi connectivity index (χ3n) is 4.78. The summed E-state index contributed by atoms with van der Waals surface area (Å²) in [4.78, 5) is 25.3. The maximum atomic E-state index is 12.6. The number of carbonyl (C=O) groups excluding carboxylic acids is 1. The normalized spacial score (nSPS) is 17.1. The number of hydrogen-bond donors (Lipinski definition) is 2. The fourth-order valence-electron chi connectivity index (χ4n) is 3.10. The summed E-state index contributed by atoms with van der Waals surface area (Å²) in [5.74, 6) is -0.725. The summed E-state index contributed by atoms with van der Waals surface area (Å²) in [5, 5.41) is 16.7. The Morgan fingerprint density at radius 2 is 1.96 bits per heavy atom. The summed E-state index contributed by atoms with van der Waals surface area (Å²) in [7, 11) is 0. The van der Waals surface area contributed by atoms with E-state index in [0.29, 0.717) is 25.3 Å². The lowest BCUT2D eigenvalue weighted by Crippen LogP contribution is -2.34. The molecule has 144 valence electrons. The van der Waals surface area contributed by atoms with Gasteiger partial charge in [-0.1, -0.05) is 51.1 Å². The quantitative estimate of drug-likeness (QED) is 0.865. The van der Waals surface area contributed by atoms with Crippen molar-refractivity contribution in [3.63, 3.8) is 0 Å². The van der Waals surface area contributed by atoms with Crippen molar-refractivity contribution in [3.05, 3.63) is 47.7 Å². The Bertz CT molecular complexity index is 823. The van der Waals surface area contributed by atoms with Gasteiger partial charge < -0.3 is 10.0 Å². The standard InChI is InChI=1S/C20H26N4O3/c1-20(2,3)16-11-17(24(22-16)12-14-7-5-4-6-8-14)21-19(27)23-10-9-15(13-23)18(25)26/h4-8,11,15H,9-10,12-13H2,1-3H3,(H,21,27)(H,25,26). The Morgan fingerprint density at radius 3 is 2.56 bits per heavy atom. The van der Waals surface area contributed by atoms with Crippen LogP contribution in [0.4, 0.5) is 10.6 Å². The van der Waals surface area contributed by atoms with Crippen molar-refractivity contribution < 1.29 is 14.7 Å². The van der Waals surface area contributed by atoms with E-state index >= 15 is 0 Å². The number of anilines is 1. The molecule has 0 saturated carbocycles. The van der Waals surface area contributed by atoms with Gasteiger partial charge in [0.15, 0.2) is 0 Å². The molecular formula is C20H26N4O3. The molecule has 3 rings (SSSR count). The van der Waals surface area contributed by atoms with E-state index in [0.717, 1.165) is 11.3 Å². The number of hydrogen-bond acceptors (Lipinski definition) is 3. The molecule has 1 aliphatic rings. The minimum absolute atomic E-state index is 0.149. The van der Waals surface area contributed by atoms with E-state index in [-0.39, 0.29) is 18.0 Å². The van der Waals surface area contributed by atoms with Gasteiger partial charge in [0, 0.05) is 24.6 Å². The van der Waals surface area contributed by atoms with E-state index in [4.69, 9.17) is 5.11 Å². The van der Waals surface area contributed by atoms with Gasteiger partial charge in [-0.3, -0.25) is 10.1 Å². The van der Waals surface area contributed by atoms with Gasteiger partial charge in [0.25, 0.3) is 0 Å². The molecule has 1 atom stereocenters. The predicted molar refractivity (Wildman–Crippen MR) is 103 cm³/mol. The Kier molecular flexibility index (Phi) is 5.21. The number of benzene rings is 1. The van der Waals surface area contributed by atoms with Gasteiger partial charge in [-0.15, -0.1) is 0 Å². The third kappa shape index (κ3) is 4.48. The van der Waals surface area contributed by atoms with Crippen LogP contribution in [0.1, 0.15) is 38.4 Å². The summed E-state index contributed by atoms with van der Waals surface area (Å²) in [6.07, 6.45) is 0.485. The fourth-order valence-corrected chi connectivity index (χ4v) is 3.10. The molecule has 7 heteroatoms. The van der Waals surface area contributed by atoms with Crippen molar-refractivity contribution >= 4 is 17.8 Å². The molecule has 2 heterocycles. The minimum Gasteiger partial charge on any atom is -0.481 e. The van der Waals surface area contributed by atoms with Crippen molar-refractivity contribution in [2.75, 3.05) is 18.4 Å². The number of amides is 2. The number of carboxylic acids is 1. The summed E-state index contributed by atoms with van der Waals surface area (Å²) < 4.78 is 1.79. The van der Waals surface area contributed by atoms with Gasteiger partial charge in [0.1, 0.15) is 5.82 Å². The zero-order valence-electron chi connectivity index (χ0n) is 16.0. The lowest BCUT2D eigenvalue weighted by molar-refractivity contribution is -0.141. The van der Waals surface area contributed by atoms with Crippen LogP contribution in [0.3, 0.4) is 0 Å². The average molecular weight is 370 g/mol. The van der Waals surface area contributed by atoms with Crippen LogP contribution in [0.15, 0.2) is 36.4 Å². The van der Waals surface area contributed by atoms with Crippen LogP contribution in [0, 0.1) is 5.92 Å². The fraction of sp³-hybridized carbons (Fsp3) is 0.450. The van der Waals surface area contributed by atoms with Crippen LogP contribution in [0.25, 0.3) is 0 Å². The van der Waals surface area contributed by atoms with Gasteiger partial charge in [0.2, 0.25) is 0 Å². The highest BCUT2D eigenvalue weighted by Gasteiger charge is 2.31. The van der Waals surface area contributed by atoms with Crippen molar-refractivity contribution in [2.24, 2.45) is 5.92 Å². The molecule has 1 aromatic heterocycles. The van der Waals surface area contributed by atoms with E-state index in [2.05, 4.69) is 31.2 Å². The lowest BCUT2D eigenvalue weighted by atomic mass is 9.92. The molecule has 7 nitrogen and oxygen atoms in total. The number of aromatic nitrogens is 2. The summed E-state index contributed by atoms with van der Waals surface area (Å²) in [6.45, 7) is 7.45. The van der Waals surface area contributed by atoms with Crippen LogP contribution in [-0.4, -0.2) is 44.9 Å². The molecule has 2 N–H and O–H groups in total. The van der Waals surface area contributed by atoms with Crippen LogP contribution in [0.2, 0.25) is 0 Å². The molecule has 0 spiro atoms. The highest BCUT2D eigenvalue weighted by Crippen LogP contribution is 2.25. The van der Waals surface area contributed by atoms with Crippen molar-refractivity contribution in [1.29, 1.82) is 0 Å². The highest BCUT2D eigenvalue weighted by molar-refractivity contribution is 5.89. The molecule has 1 unspecified atom stereocenters. The molecule has 2 amide bonds. The van der Waals surface area contributed by atoms with Crippen molar-refractivity contribution in [3.8, 4) is 0 Å². The zero-order valence-corrected chi connectivity index (χ0v) is 16.0.